The standard InChI is InChI=1S/C13H26O2Si/c1-10-7-8-12(14)11(10)9-15-16(5,6)13(2,3)4/h11-12,14H,1,7-9H2,2-6H3/t11-,12-/m1/s1. The van der Waals surface area contributed by atoms with E-state index in [4.69, 9.17) is 4.43 Å². The zero-order valence-electron chi connectivity index (χ0n) is 11.3. The minimum atomic E-state index is -1.68. The molecule has 2 atom stereocenters. The second kappa shape index (κ2) is 4.63. The first kappa shape index (κ1) is 13.9. The third-order valence-corrected chi connectivity index (χ3v) is 8.68. The molecule has 3 heteroatoms. The predicted molar refractivity (Wildman–Crippen MR) is 71.0 cm³/mol. The van der Waals surface area contributed by atoms with Gasteiger partial charge in [-0.2, -0.15) is 0 Å². The lowest BCUT2D eigenvalue weighted by molar-refractivity contribution is 0.106. The van der Waals surface area contributed by atoms with Gasteiger partial charge in [0.2, 0.25) is 0 Å². The molecule has 1 rings (SSSR count). The van der Waals surface area contributed by atoms with Crippen molar-refractivity contribution in [3.8, 4) is 0 Å². The Bertz CT molecular complexity index is 266. The summed E-state index contributed by atoms with van der Waals surface area (Å²) in [6.45, 7) is 15.9. The SMILES string of the molecule is C=C1CC[C@@H](O)[C@@H]1CO[Si](C)(C)C(C)(C)C. The van der Waals surface area contributed by atoms with E-state index in [-0.39, 0.29) is 17.1 Å². The summed E-state index contributed by atoms with van der Waals surface area (Å²) in [5, 5.41) is 10.1. The summed E-state index contributed by atoms with van der Waals surface area (Å²) in [6.07, 6.45) is 1.56. The van der Waals surface area contributed by atoms with Crippen LogP contribution in [0.1, 0.15) is 33.6 Å². The Morgan fingerprint density at radius 2 is 2.00 bits per heavy atom. The van der Waals surface area contributed by atoms with Crippen molar-refractivity contribution in [2.45, 2.75) is 57.8 Å². The second-order valence-electron chi connectivity index (χ2n) is 6.44. The quantitative estimate of drug-likeness (QED) is 0.607. The summed E-state index contributed by atoms with van der Waals surface area (Å²) in [6, 6.07) is 0. The Kier molecular flexibility index (Phi) is 4.03. The Labute approximate surface area is 101 Å². The molecule has 1 N–H and O–H groups in total. The summed E-state index contributed by atoms with van der Waals surface area (Å²) in [7, 11) is -1.68. The van der Waals surface area contributed by atoms with Crippen molar-refractivity contribution >= 4 is 8.32 Å². The van der Waals surface area contributed by atoms with E-state index in [9.17, 15) is 5.11 Å². The zero-order chi connectivity index (χ0) is 12.6. The second-order valence-corrected chi connectivity index (χ2v) is 11.3. The molecule has 1 fully saturated rings. The molecule has 0 unspecified atom stereocenters. The van der Waals surface area contributed by atoms with Gasteiger partial charge in [0.15, 0.2) is 8.32 Å². The largest absolute Gasteiger partial charge is 0.416 e. The van der Waals surface area contributed by atoms with Gasteiger partial charge in [0.25, 0.3) is 0 Å². The van der Waals surface area contributed by atoms with E-state index in [1.54, 1.807) is 0 Å². The molecule has 0 radical (unpaired) electrons. The van der Waals surface area contributed by atoms with Crippen molar-refractivity contribution in [1.29, 1.82) is 0 Å². The fourth-order valence-electron chi connectivity index (χ4n) is 1.74. The summed E-state index contributed by atoms with van der Waals surface area (Å²) < 4.78 is 6.14. The lowest BCUT2D eigenvalue weighted by atomic mass is 10.0. The molecule has 0 heterocycles. The van der Waals surface area contributed by atoms with Crippen molar-refractivity contribution < 1.29 is 9.53 Å². The van der Waals surface area contributed by atoms with Crippen molar-refractivity contribution in [2.24, 2.45) is 5.92 Å². The average molecular weight is 242 g/mol. The topological polar surface area (TPSA) is 29.5 Å². The Balaban J connectivity index is 2.54. The molecule has 0 aromatic carbocycles. The molecule has 0 amide bonds. The number of rotatable bonds is 3. The molecule has 1 saturated carbocycles. The van der Waals surface area contributed by atoms with Gasteiger partial charge >= 0.3 is 0 Å². The van der Waals surface area contributed by atoms with Crippen LogP contribution in [0.5, 0.6) is 0 Å². The van der Waals surface area contributed by atoms with Crippen molar-refractivity contribution in [1.82, 2.24) is 0 Å². The molecule has 1 aliphatic carbocycles. The minimum Gasteiger partial charge on any atom is -0.416 e. The minimum absolute atomic E-state index is 0.161. The fraction of sp³-hybridized carbons (Fsp3) is 0.846. The normalized spacial score (nSPS) is 27.5. The molecule has 1 aliphatic rings. The molecule has 94 valence electrons. The van der Waals surface area contributed by atoms with E-state index >= 15 is 0 Å². The third kappa shape index (κ3) is 2.96. The van der Waals surface area contributed by atoms with Crippen LogP contribution < -0.4 is 0 Å². The molecular weight excluding hydrogens is 216 g/mol. The molecule has 2 nitrogen and oxygen atoms in total. The molecular formula is C13H26O2Si. The maximum absolute atomic E-state index is 9.83. The molecule has 0 aliphatic heterocycles. The number of aliphatic hydroxyl groups excluding tert-OH is 1. The van der Waals surface area contributed by atoms with Gasteiger partial charge in [-0.05, 0) is 31.0 Å². The van der Waals surface area contributed by atoms with Crippen LogP contribution in [-0.2, 0) is 4.43 Å². The zero-order valence-corrected chi connectivity index (χ0v) is 12.3. The Morgan fingerprint density at radius 1 is 1.44 bits per heavy atom. The first-order valence-electron chi connectivity index (χ1n) is 6.15. The van der Waals surface area contributed by atoms with Crippen LogP contribution >= 0.6 is 0 Å². The molecule has 0 saturated heterocycles. The van der Waals surface area contributed by atoms with Gasteiger partial charge in [0.1, 0.15) is 0 Å². The first-order chi connectivity index (χ1) is 7.15. The third-order valence-electron chi connectivity index (χ3n) is 4.18. The van der Waals surface area contributed by atoms with Crippen LogP contribution in [0.25, 0.3) is 0 Å². The molecule has 16 heavy (non-hydrogen) atoms. The Morgan fingerprint density at radius 3 is 2.38 bits per heavy atom. The van der Waals surface area contributed by atoms with Crippen LogP contribution in [0, 0.1) is 5.92 Å². The molecule has 0 spiro atoms. The lowest BCUT2D eigenvalue weighted by Crippen LogP contribution is -2.42. The highest BCUT2D eigenvalue weighted by atomic mass is 28.4. The van der Waals surface area contributed by atoms with Gasteiger partial charge in [-0.1, -0.05) is 32.9 Å². The van der Waals surface area contributed by atoms with Crippen molar-refractivity contribution in [3.05, 3.63) is 12.2 Å². The number of hydrogen-bond acceptors (Lipinski definition) is 2. The van der Waals surface area contributed by atoms with E-state index in [1.807, 2.05) is 0 Å². The predicted octanol–water partition coefficient (Wildman–Crippen LogP) is 3.34. The maximum atomic E-state index is 9.83. The summed E-state index contributed by atoms with van der Waals surface area (Å²) in [5.41, 5.74) is 1.16. The van der Waals surface area contributed by atoms with Gasteiger partial charge in [-0.25, -0.2) is 0 Å². The van der Waals surface area contributed by atoms with Crippen LogP contribution in [0.3, 0.4) is 0 Å². The van der Waals surface area contributed by atoms with Gasteiger partial charge in [-0.15, -0.1) is 0 Å². The van der Waals surface area contributed by atoms with E-state index in [0.29, 0.717) is 6.61 Å². The van der Waals surface area contributed by atoms with Crippen LogP contribution in [0.15, 0.2) is 12.2 Å². The highest BCUT2D eigenvalue weighted by Gasteiger charge is 2.39. The van der Waals surface area contributed by atoms with Gasteiger partial charge in [0, 0.05) is 12.5 Å². The van der Waals surface area contributed by atoms with Crippen molar-refractivity contribution in [3.63, 3.8) is 0 Å². The monoisotopic (exact) mass is 242 g/mol. The number of hydrogen-bond donors (Lipinski definition) is 1. The summed E-state index contributed by atoms with van der Waals surface area (Å²) >= 11 is 0. The lowest BCUT2D eigenvalue weighted by Gasteiger charge is -2.37. The van der Waals surface area contributed by atoms with Crippen LogP contribution in [-0.4, -0.2) is 26.1 Å². The van der Waals surface area contributed by atoms with E-state index in [0.717, 1.165) is 18.4 Å². The van der Waals surface area contributed by atoms with Crippen LogP contribution in [0.2, 0.25) is 18.1 Å². The highest BCUT2D eigenvalue weighted by molar-refractivity contribution is 6.74. The molecule has 0 bridgehead atoms. The summed E-state index contributed by atoms with van der Waals surface area (Å²) in [5.74, 6) is 0.161. The van der Waals surface area contributed by atoms with E-state index < -0.39 is 8.32 Å². The summed E-state index contributed by atoms with van der Waals surface area (Å²) in [4.78, 5) is 0. The molecule has 0 aromatic rings. The van der Waals surface area contributed by atoms with Gasteiger partial charge < -0.3 is 9.53 Å². The first-order valence-corrected chi connectivity index (χ1v) is 9.05. The Hall–Kier alpha value is -0.123. The molecule has 0 aromatic heterocycles. The highest BCUT2D eigenvalue weighted by Crippen LogP contribution is 2.38. The van der Waals surface area contributed by atoms with E-state index in [1.165, 1.54) is 0 Å². The maximum Gasteiger partial charge on any atom is 0.192 e. The van der Waals surface area contributed by atoms with Crippen molar-refractivity contribution in [2.75, 3.05) is 6.61 Å². The van der Waals surface area contributed by atoms with Gasteiger partial charge in [0.05, 0.1) is 6.10 Å². The fourth-order valence-corrected chi connectivity index (χ4v) is 2.76. The average Bonchev–Trinajstić information content (AvgIpc) is 2.42. The number of aliphatic hydroxyl groups is 1. The van der Waals surface area contributed by atoms with Crippen LogP contribution in [0.4, 0.5) is 0 Å². The van der Waals surface area contributed by atoms with E-state index in [2.05, 4.69) is 40.4 Å². The smallest absolute Gasteiger partial charge is 0.192 e. The van der Waals surface area contributed by atoms with Gasteiger partial charge in [-0.3, -0.25) is 0 Å².